The van der Waals surface area contributed by atoms with Crippen LogP contribution in [0.15, 0.2) is 167 Å². The second kappa shape index (κ2) is 17.7. The Kier molecular flexibility index (Phi) is 9.82. The first-order chi connectivity index (χ1) is 33.1. The van der Waals surface area contributed by atoms with Gasteiger partial charge in [-0.05, 0) is 100 Å². The molecule has 0 atom stereocenters. The first-order valence-electron chi connectivity index (χ1n) is 24.1. The van der Waals surface area contributed by atoms with Gasteiger partial charge in [-0.25, -0.2) is 4.98 Å². The van der Waals surface area contributed by atoms with E-state index in [9.17, 15) is 0 Å². The predicted octanol–water partition coefficient (Wildman–Crippen LogP) is 15.3. The van der Waals surface area contributed by atoms with Crippen molar-refractivity contribution in [3.8, 4) is 50.9 Å². The molecule has 64 heavy (non-hydrogen) atoms. The summed E-state index contributed by atoms with van der Waals surface area (Å²) in [4.78, 5) is 14.4. The minimum absolute atomic E-state index is 0. The average molecular weight is 1020 g/mol. The van der Waals surface area contributed by atoms with Crippen molar-refractivity contribution < 1.29 is 37.2 Å². The molecule has 0 unspecified atom stereocenters. The Hall–Kier alpha value is -6.92. The molecule has 11 aromatic rings. The number of imidazole rings is 1. The van der Waals surface area contributed by atoms with Crippen LogP contribution in [0.4, 0.5) is 0 Å². The molecular formula is C57H46IrN4O2-2. The Morgan fingerprint density at radius 3 is 1.98 bits per heavy atom. The number of benzene rings is 7. The number of pyridine rings is 1. The van der Waals surface area contributed by atoms with Crippen molar-refractivity contribution >= 4 is 44.1 Å². The molecule has 0 aliphatic rings. The number of furan rings is 1. The average Bonchev–Trinajstić information content (AvgIpc) is 4.07. The van der Waals surface area contributed by atoms with E-state index in [-0.39, 0.29) is 43.1 Å². The first kappa shape index (κ1) is 35.5. The summed E-state index contributed by atoms with van der Waals surface area (Å²) in [6, 6.07) is 55.9. The Morgan fingerprint density at radius 1 is 0.641 bits per heavy atom. The maximum absolute atomic E-state index is 7.28. The number of nitrogens with zero attached hydrogens (tertiary/aromatic N) is 4. The minimum atomic E-state index is -2.18. The summed E-state index contributed by atoms with van der Waals surface area (Å²) in [5.41, 5.74) is 14.0. The van der Waals surface area contributed by atoms with E-state index in [4.69, 9.17) is 27.0 Å². The summed E-state index contributed by atoms with van der Waals surface area (Å²) in [6.07, 6.45) is 1.30. The minimum Gasteiger partial charge on any atom is -0.500 e. The van der Waals surface area contributed by atoms with Crippen LogP contribution >= 0.6 is 0 Å². The van der Waals surface area contributed by atoms with Gasteiger partial charge in [0.15, 0.2) is 0 Å². The van der Waals surface area contributed by atoms with Crippen LogP contribution in [0.5, 0.6) is 0 Å². The number of fused-ring (bicyclic) bond motifs is 6. The van der Waals surface area contributed by atoms with Gasteiger partial charge < -0.3 is 18.4 Å². The van der Waals surface area contributed by atoms with Crippen LogP contribution in [0.1, 0.15) is 70.0 Å². The largest absolute Gasteiger partial charge is 0.500 e. The predicted molar refractivity (Wildman–Crippen MR) is 257 cm³/mol. The van der Waals surface area contributed by atoms with E-state index in [0.717, 1.165) is 50.0 Å². The molecule has 0 saturated heterocycles. The molecule has 0 aliphatic carbocycles. The fourth-order valence-corrected chi connectivity index (χ4v) is 8.23. The molecule has 11 rings (SSSR count). The van der Waals surface area contributed by atoms with Crippen LogP contribution in [0.25, 0.3) is 95.0 Å². The maximum atomic E-state index is 7.28. The van der Waals surface area contributed by atoms with Crippen molar-refractivity contribution in [2.45, 2.75) is 53.2 Å². The number of hydrogen-bond acceptors (Lipinski definition) is 5. The van der Waals surface area contributed by atoms with Crippen LogP contribution in [0.2, 0.25) is 0 Å². The van der Waals surface area contributed by atoms with Gasteiger partial charge in [0.1, 0.15) is 5.58 Å². The summed E-state index contributed by atoms with van der Waals surface area (Å²) in [7, 11) is 0. The molecule has 7 heteroatoms. The summed E-state index contributed by atoms with van der Waals surface area (Å²) < 4.78 is 59.2. The number of rotatable bonds is 7. The van der Waals surface area contributed by atoms with Crippen molar-refractivity contribution in [3.05, 3.63) is 192 Å². The summed E-state index contributed by atoms with van der Waals surface area (Å²) in [6.45, 7) is 4.74. The Morgan fingerprint density at radius 2 is 1.31 bits per heavy atom. The third-order valence-electron chi connectivity index (χ3n) is 11.3. The van der Waals surface area contributed by atoms with E-state index in [0.29, 0.717) is 33.8 Å². The van der Waals surface area contributed by atoms with Crippen molar-refractivity contribution in [3.63, 3.8) is 0 Å². The zero-order valence-corrected chi connectivity index (χ0v) is 38.0. The van der Waals surface area contributed by atoms with Crippen LogP contribution < -0.4 is 0 Å². The quantitative estimate of drug-likeness (QED) is 0.149. The number of para-hydroxylation sites is 3. The van der Waals surface area contributed by atoms with Gasteiger partial charge in [-0.2, -0.15) is 0 Å². The monoisotopic (exact) mass is 1020 g/mol. The molecule has 317 valence electrons. The zero-order valence-electron chi connectivity index (χ0n) is 41.6. The van der Waals surface area contributed by atoms with Crippen LogP contribution in [-0.2, 0) is 20.1 Å². The third-order valence-corrected chi connectivity index (χ3v) is 11.3. The van der Waals surface area contributed by atoms with Crippen LogP contribution in [-0.4, -0.2) is 19.5 Å². The van der Waals surface area contributed by atoms with Gasteiger partial charge in [0.25, 0.3) is 0 Å². The summed E-state index contributed by atoms with van der Waals surface area (Å²) >= 11 is 0. The van der Waals surface area contributed by atoms with Crippen molar-refractivity contribution in [1.29, 1.82) is 0 Å². The van der Waals surface area contributed by atoms with Gasteiger partial charge in [-0.15, -0.1) is 41.5 Å². The third kappa shape index (κ3) is 7.87. The van der Waals surface area contributed by atoms with Crippen LogP contribution in [0.3, 0.4) is 0 Å². The molecular weight excluding hydrogens is 965 g/mol. The molecule has 4 aromatic heterocycles. The van der Waals surface area contributed by atoms with Gasteiger partial charge in [-0.1, -0.05) is 131 Å². The zero-order chi connectivity index (χ0) is 48.2. The Bertz CT molecular complexity index is 3550. The smallest absolute Gasteiger partial charge is 0.216 e. The summed E-state index contributed by atoms with van der Waals surface area (Å²) in [5, 5.41) is 1.84. The Labute approximate surface area is 395 Å². The Balaban J connectivity index is 0.000000244. The number of aryl methyl sites for hydroxylation is 2. The number of oxazole rings is 1. The van der Waals surface area contributed by atoms with E-state index < -0.39 is 13.7 Å². The van der Waals surface area contributed by atoms with Gasteiger partial charge in [0, 0.05) is 56.7 Å². The molecule has 0 saturated carbocycles. The number of aromatic nitrogens is 4. The topological polar surface area (TPSA) is 69.9 Å². The molecule has 4 heterocycles. The molecule has 1 radical (unpaired) electrons. The molecule has 0 amide bonds. The standard InChI is InChI=1S/C44H34N3O2.C13H12N.Ir/c1-26(2)32-23-30(28-15-7-5-8-16-28)24-33(27(3)4)40(32)47-37-21-13-12-20-35(37)45-43(47)34-25-36-42(49-44(46-36)29-17-9-6-10-18-29)39-31-19-11-14-22-38(31)48-41(34)39;1-10-3-6-12(7-4-10)13-8-5-11(2)9-14-13;/h5-24,26-27H,1-4H3;3-6,8-9H,1-2H3;/q2*-1;/i;1D3,2D3;. The van der Waals surface area contributed by atoms with Crippen LogP contribution in [0, 0.1) is 25.8 Å². The second-order valence-electron chi connectivity index (χ2n) is 16.2. The van der Waals surface area contributed by atoms with E-state index >= 15 is 0 Å². The van der Waals surface area contributed by atoms with Gasteiger partial charge in [-0.3, -0.25) is 4.98 Å². The van der Waals surface area contributed by atoms with E-state index in [1.165, 1.54) is 46.6 Å². The van der Waals surface area contributed by atoms with Crippen molar-refractivity contribution in [2.75, 3.05) is 0 Å². The molecule has 0 N–H and O–H groups in total. The molecule has 7 aromatic carbocycles. The fraction of sp³-hybridized carbons (Fsp3) is 0.140. The van der Waals surface area contributed by atoms with Crippen molar-refractivity contribution in [1.82, 2.24) is 19.5 Å². The van der Waals surface area contributed by atoms with Crippen molar-refractivity contribution in [2.24, 2.45) is 0 Å². The molecule has 6 nitrogen and oxygen atoms in total. The maximum Gasteiger partial charge on any atom is 0.216 e. The van der Waals surface area contributed by atoms with E-state index in [2.05, 4.69) is 116 Å². The molecule has 0 aliphatic heterocycles. The SMILES string of the molecule is CC(C)c1cc(-c2ccccc2)cc(C(C)C)c1-n1c(-c2[c-]c3nc(-c4ccccc4)oc3c3c2oc2ccccc23)nc2ccccc21.[2H]C([2H])([2H])c1c[c-]c(-c2ccc(C([2H])([2H])[2H])cn2)cc1.[Ir]. The van der Waals surface area contributed by atoms with Gasteiger partial charge in [0.2, 0.25) is 5.89 Å². The van der Waals surface area contributed by atoms with Gasteiger partial charge >= 0.3 is 0 Å². The second-order valence-corrected chi connectivity index (χ2v) is 16.2. The van der Waals surface area contributed by atoms with E-state index in [1.54, 1.807) is 12.1 Å². The molecule has 0 fully saturated rings. The number of hydrogen-bond donors (Lipinski definition) is 0. The molecule has 0 spiro atoms. The first-order valence-corrected chi connectivity index (χ1v) is 21.1. The summed E-state index contributed by atoms with van der Waals surface area (Å²) in [5.74, 6) is 1.79. The van der Waals surface area contributed by atoms with E-state index in [1.807, 2.05) is 54.6 Å². The molecule has 0 bridgehead atoms. The normalized spacial score (nSPS) is 13.2. The fourth-order valence-electron chi connectivity index (χ4n) is 8.23. The van der Waals surface area contributed by atoms with Gasteiger partial charge in [0.05, 0.1) is 28.0 Å².